The Morgan fingerprint density at radius 2 is 1.92 bits per heavy atom. The summed E-state index contributed by atoms with van der Waals surface area (Å²) in [5.74, 6) is -0.229. The van der Waals surface area contributed by atoms with Gasteiger partial charge < -0.3 is 9.72 Å². The van der Waals surface area contributed by atoms with Crippen LogP contribution in [0.3, 0.4) is 0 Å². The number of H-pyrrole nitrogens is 1. The fourth-order valence-corrected chi connectivity index (χ4v) is 3.71. The van der Waals surface area contributed by atoms with E-state index in [0.717, 1.165) is 21.2 Å². The molecule has 4 rings (SSSR count). The highest BCUT2D eigenvalue weighted by Gasteiger charge is 2.34. The van der Waals surface area contributed by atoms with Crippen molar-refractivity contribution in [2.75, 3.05) is 7.11 Å². The molecule has 2 N–H and O–H groups in total. The molecule has 0 unspecified atom stereocenters. The van der Waals surface area contributed by atoms with Crippen molar-refractivity contribution >= 4 is 32.8 Å². The molecule has 0 spiro atoms. The Hall–Kier alpha value is -2.11. The Kier molecular flexibility index (Phi) is 3.90. The summed E-state index contributed by atoms with van der Waals surface area (Å²) in [7, 11) is 1.43. The number of rotatable bonds is 2. The van der Waals surface area contributed by atoms with Gasteiger partial charge in [-0.05, 0) is 29.3 Å². The molecule has 2 aromatic carbocycles. The van der Waals surface area contributed by atoms with Crippen LogP contribution in [0.5, 0.6) is 0 Å². The summed E-state index contributed by atoms with van der Waals surface area (Å²) in [5.41, 5.74) is 4.52. The standard InChI is InChI=1S/C19H17BrN2O2/c1-24-19(23)16-10-14-13-4-2-3-5-15(13)21-18(14)17(22-16)11-6-8-12(20)9-7-11/h2-9,16-17,21-22H,10H2,1H3/t16-,17+/m0/s1. The molecule has 1 aromatic heterocycles. The van der Waals surface area contributed by atoms with Gasteiger partial charge in [-0.15, -0.1) is 0 Å². The van der Waals surface area contributed by atoms with Crippen LogP contribution in [0.2, 0.25) is 0 Å². The lowest BCUT2D eigenvalue weighted by Gasteiger charge is -2.30. The molecule has 2 heterocycles. The van der Waals surface area contributed by atoms with Gasteiger partial charge >= 0.3 is 5.97 Å². The van der Waals surface area contributed by atoms with Crippen LogP contribution >= 0.6 is 15.9 Å². The zero-order valence-corrected chi connectivity index (χ0v) is 14.8. The first kappa shape index (κ1) is 15.4. The lowest BCUT2D eigenvalue weighted by Crippen LogP contribution is -2.45. The first-order valence-electron chi connectivity index (χ1n) is 7.86. The number of esters is 1. The van der Waals surface area contributed by atoms with E-state index in [1.165, 1.54) is 18.1 Å². The molecule has 5 heteroatoms. The number of carbonyl (C=O) groups excluding carboxylic acids is 1. The minimum Gasteiger partial charge on any atom is -0.468 e. The van der Waals surface area contributed by atoms with Gasteiger partial charge in [-0.25, -0.2) is 0 Å². The van der Waals surface area contributed by atoms with Gasteiger partial charge in [0.25, 0.3) is 0 Å². The van der Waals surface area contributed by atoms with Crippen molar-refractivity contribution in [2.45, 2.75) is 18.5 Å². The number of methoxy groups -OCH3 is 1. The molecule has 2 atom stereocenters. The Labute approximate surface area is 148 Å². The molecule has 24 heavy (non-hydrogen) atoms. The van der Waals surface area contributed by atoms with Crippen molar-refractivity contribution in [1.29, 1.82) is 0 Å². The number of ether oxygens (including phenoxy) is 1. The van der Waals surface area contributed by atoms with Crippen LogP contribution in [-0.2, 0) is 16.0 Å². The predicted molar refractivity (Wildman–Crippen MR) is 96.9 cm³/mol. The maximum absolute atomic E-state index is 12.2. The summed E-state index contributed by atoms with van der Waals surface area (Å²) >= 11 is 3.47. The number of nitrogens with one attached hydrogen (secondary N) is 2. The number of halogens is 1. The third-order valence-corrected chi connectivity index (χ3v) is 5.13. The van der Waals surface area contributed by atoms with Gasteiger partial charge in [0.2, 0.25) is 0 Å². The quantitative estimate of drug-likeness (QED) is 0.662. The third-order valence-electron chi connectivity index (χ3n) is 4.60. The van der Waals surface area contributed by atoms with Crippen molar-refractivity contribution in [3.63, 3.8) is 0 Å². The highest BCUT2D eigenvalue weighted by molar-refractivity contribution is 9.10. The van der Waals surface area contributed by atoms with Gasteiger partial charge in [0.15, 0.2) is 0 Å². The first-order chi connectivity index (χ1) is 11.7. The van der Waals surface area contributed by atoms with E-state index in [9.17, 15) is 4.79 Å². The zero-order valence-electron chi connectivity index (χ0n) is 13.2. The number of carbonyl (C=O) groups is 1. The van der Waals surface area contributed by atoms with E-state index in [0.29, 0.717) is 6.42 Å². The van der Waals surface area contributed by atoms with Gasteiger partial charge in [-0.2, -0.15) is 0 Å². The summed E-state index contributed by atoms with van der Waals surface area (Å²) in [6.07, 6.45) is 0.624. The van der Waals surface area contributed by atoms with Gasteiger partial charge in [0, 0.05) is 27.5 Å². The molecule has 0 aliphatic carbocycles. The first-order valence-corrected chi connectivity index (χ1v) is 8.65. The van der Waals surface area contributed by atoms with Crippen LogP contribution in [0, 0.1) is 0 Å². The number of hydrogen-bond acceptors (Lipinski definition) is 3. The van der Waals surface area contributed by atoms with Crippen LogP contribution in [0.15, 0.2) is 53.0 Å². The Bertz CT molecular complexity index is 901. The number of aromatic nitrogens is 1. The lowest BCUT2D eigenvalue weighted by molar-refractivity contribution is -0.143. The van der Waals surface area contributed by atoms with Crippen molar-refractivity contribution in [1.82, 2.24) is 10.3 Å². The van der Waals surface area contributed by atoms with Crippen molar-refractivity contribution < 1.29 is 9.53 Å². The fraction of sp³-hybridized carbons (Fsp3) is 0.211. The molecule has 1 aliphatic heterocycles. The molecule has 3 aromatic rings. The largest absolute Gasteiger partial charge is 0.468 e. The summed E-state index contributed by atoms with van der Waals surface area (Å²) in [6, 6.07) is 16.0. The maximum atomic E-state index is 12.2. The lowest BCUT2D eigenvalue weighted by atomic mass is 9.90. The summed E-state index contributed by atoms with van der Waals surface area (Å²) in [5, 5.41) is 4.61. The second-order valence-corrected chi connectivity index (χ2v) is 6.91. The summed E-state index contributed by atoms with van der Waals surface area (Å²) in [6.45, 7) is 0. The molecule has 0 saturated carbocycles. The Balaban J connectivity index is 1.86. The third kappa shape index (κ3) is 2.54. The topological polar surface area (TPSA) is 54.1 Å². The van der Waals surface area contributed by atoms with Gasteiger partial charge in [0.05, 0.1) is 13.2 Å². The fourth-order valence-electron chi connectivity index (χ4n) is 3.45. The van der Waals surface area contributed by atoms with Crippen LogP contribution in [0.1, 0.15) is 22.9 Å². The molecule has 0 radical (unpaired) electrons. The SMILES string of the molecule is COC(=O)[C@@H]1Cc2c([nH]c3ccccc23)[C@@H](c2ccc(Br)cc2)N1. The normalized spacial score (nSPS) is 19.9. The number of para-hydroxylation sites is 1. The van der Waals surface area contributed by atoms with Gasteiger partial charge in [0.1, 0.15) is 6.04 Å². The van der Waals surface area contributed by atoms with Crippen molar-refractivity contribution in [2.24, 2.45) is 0 Å². The highest BCUT2D eigenvalue weighted by atomic mass is 79.9. The van der Waals surface area contributed by atoms with Crippen molar-refractivity contribution in [3.05, 3.63) is 69.8 Å². The van der Waals surface area contributed by atoms with E-state index < -0.39 is 0 Å². The van der Waals surface area contributed by atoms with Crippen molar-refractivity contribution in [3.8, 4) is 0 Å². The molecule has 0 saturated heterocycles. The molecule has 0 bridgehead atoms. The number of fused-ring (bicyclic) bond motifs is 3. The van der Waals surface area contributed by atoms with Gasteiger partial charge in [-0.3, -0.25) is 10.1 Å². The number of aromatic amines is 1. The molecular formula is C19H17BrN2O2. The van der Waals surface area contributed by atoms with E-state index in [-0.39, 0.29) is 18.1 Å². The summed E-state index contributed by atoms with van der Waals surface area (Å²) in [4.78, 5) is 15.7. The monoisotopic (exact) mass is 384 g/mol. The molecule has 0 amide bonds. The van der Waals surface area contributed by atoms with E-state index >= 15 is 0 Å². The van der Waals surface area contributed by atoms with Crippen LogP contribution < -0.4 is 5.32 Å². The molecule has 0 fully saturated rings. The second kappa shape index (κ2) is 6.07. The smallest absolute Gasteiger partial charge is 0.323 e. The Morgan fingerprint density at radius 3 is 2.67 bits per heavy atom. The minimum atomic E-state index is -0.352. The van der Waals surface area contributed by atoms with E-state index in [4.69, 9.17) is 4.74 Å². The number of hydrogen-bond donors (Lipinski definition) is 2. The van der Waals surface area contributed by atoms with E-state index in [2.05, 4.69) is 50.5 Å². The van der Waals surface area contributed by atoms with Crippen LogP contribution in [0.25, 0.3) is 10.9 Å². The molecule has 122 valence electrons. The average molecular weight is 385 g/mol. The van der Waals surface area contributed by atoms with E-state index in [1.807, 2.05) is 24.3 Å². The zero-order chi connectivity index (χ0) is 16.7. The second-order valence-electron chi connectivity index (χ2n) is 5.99. The maximum Gasteiger partial charge on any atom is 0.323 e. The molecular weight excluding hydrogens is 368 g/mol. The predicted octanol–water partition coefficient (Wildman–Crippen LogP) is 3.71. The van der Waals surface area contributed by atoms with Crippen LogP contribution in [-0.4, -0.2) is 24.1 Å². The van der Waals surface area contributed by atoms with E-state index in [1.54, 1.807) is 0 Å². The molecule has 1 aliphatic rings. The van der Waals surface area contributed by atoms with Crippen LogP contribution in [0.4, 0.5) is 0 Å². The molecule has 4 nitrogen and oxygen atoms in total. The summed E-state index contributed by atoms with van der Waals surface area (Å²) < 4.78 is 6.01. The minimum absolute atomic E-state index is 0.0710. The Morgan fingerprint density at radius 1 is 1.17 bits per heavy atom. The highest BCUT2D eigenvalue weighted by Crippen LogP contribution is 2.35. The average Bonchev–Trinajstić information content (AvgIpc) is 2.99. The van der Waals surface area contributed by atoms with Gasteiger partial charge in [-0.1, -0.05) is 46.3 Å². The number of benzene rings is 2.